The van der Waals surface area contributed by atoms with Crippen molar-refractivity contribution in [1.82, 2.24) is 25.1 Å². The Hall–Kier alpha value is -3.02. The van der Waals surface area contributed by atoms with E-state index in [1.165, 1.54) is 5.56 Å². The lowest BCUT2D eigenvalue weighted by Gasteiger charge is -2.29. The van der Waals surface area contributed by atoms with Crippen molar-refractivity contribution >= 4 is 5.91 Å². The summed E-state index contributed by atoms with van der Waals surface area (Å²) in [6, 6.07) is 12.9. The predicted octanol–water partition coefficient (Wildman–Crippen LogP) is 3.74. The molecular weight excluding hydrogens is 362 g/mol. The lowest BCUT2D eigenvalue weighted by Crippen LogP contribution is -2.39. The number of nitrogens with zero attached hydrogens (tertiary/aromatic N) is 4. The minimum absolute atomic E-state index is 0.150. The van der Waals surface area contributed by atoms with Gasteiger partial charge in [0.05, 0.1) is 17.9 Å². The number of benzene rings is 1. The van der Waals surface area contributed by atoms with E-state index in [2.05, 4.69) is 55.5 Å². The van der Waals surface area contributed by atoms with Gasteiger partial charge in [-0.1, -0.05) is 30.3 Å². The third-order valence-corrected chi connectivity index (χ3v) is 6.25. The number of carbonyl (C=O) groups excluding carboxylic acids is 1. The fourth-order valence-electron chi connectivity index (χ4n) is 4.48. The molecule has 1 aromatic carbocycles. The van der Waals surface area contributed by atoms with E-state index in [0.717, 1.165) is 43.4 Å². The molecule has 2 aliphatic rings. The Labute approximate surface area is 170 Å². The lowest BCUT2D eigenvalue weighted by atomic mass is 9.91. The molecule has 5 rings (SSSR count). The number of nitrogens with one attached hydrogen (secondary N) is 1. The summed E-state index contributed by atoms with van der Waals surface area (Å²) in [4.78, 5) is 20.9. The van der Waals surface area contributed by atoms with Crippen LogP contribution in [0.15, 0.2) is 61.3 Å². The first-order valence-corrected chi connectivity index (χ1v) is 10.4. The zero-order valence-corrected chi connectivity index (χ0v) is 16.3. The van der Waals surface area contributed by atoms with E-state index in [4.69, 9.17) is 0 Å². The highest BCUT2D eigenvalue weighted by Crippen LogP contribution is 2.47. The average molecular weight is 387 g/mol. The topological polar surface area (TPSA) is 72.7 Å². The van der Waals surface area contributed by atoms with Gasteiger partial charge in [0.25, 0.3) is 0 Å². The summed E-state index contributed by atoms with van der Waals surface area (Å²) >= 11 is 0. The monoisotopic (exact) mass is 387 g/mol. The Morgan fingerprint density at radius 2 is 1.90 bits per heavy atom. The highest BCUT2D eigenvalue weighted by atomic mass is 16.2. The minimum atomic E-state index is 0.150. The molecule has 148 valence electrons. The molecule has 2 heterocycles. The Morgan fingerprint density at radius 3 is 2.66 bits per heavy atom. The number of rotatable bonds is 5. The van der Waals surface area contributed by atoms with E-state index >= 15 is 0 Å². The first-order valence-electron chi connectivity index (χ1n) is 10.4. The molecule has 0 radical (unpaired) electrons. The fourth-order valence-corrected chi connectivity index (χ4v) is 4.48. The summed E-state index contributed by atoms with van der Waals surface area (Å²) in [6.07, 6.45) is 12.3. The van der Waals surface area contributed by atoms with Crippen molar-refractivity contribution in [3.05, 3.63) is 66.9 Å². The zero-order chi connectivity index (χ0) is 19.6. The van der Waals surface area contributed by atoms with Gasteiger partial charge in [-0.15, -0.1) is 0 Å². The average Bonchev–Trinajstić information content (AvgIpc) is 3.44. The summed E-state index contributed by atoms with van der Waals surface area (Å²) in [7, 11) is 0. The zero-order valence-electron chi connectivity index (χ0n) is 16.3. The largest absolute Gasteiger partial charge is 0.353 e. The second-order valence-electron chi connectivity index (χ2n) is 8.18. The Bertz CT molecular complexity index is 963. The third kappa shape index (κ3) is 3.92. The molecule has 0 saturated heterocycles. The number of hydrogen-bond donors (Lipinski definition) is 1. The van der Waals surface area contributed by atoms with Gasteiger partial charge in [0, 0.05) is 29.9 Å². The van der Waals surface area contributed by atoms with Crippen LogP contribution in [0, 0.1) is 5.92 Å². The molecule has 2 saturated carbocycles. The highest BCUT2D eigenvalue weighted by Gasteiger charge is 2.44. The van der Waals surface area contributed by atoms with Gasteiger partial charge in [0.15, 0.2) is 0 Å². The van der Waals surface area contributed by atoms with Gasteiger partial charge >= 0.3 is 0 Å². The second-order valence-corrected chi connectivity index (χ2v) is 8.18. The van der Waals surface area contributed by atoms with Crippen LogP contribution in [0.1, 0.15) is 49.6 Å². The maximum absolute atomic E-state index is 12.6. The van der Waals surface area contributed by atoms with Crippen molar-refractivity contribution in [3.63, 3.8) is 0 Å². The SMILES string of the molecule is O=C(NC1CCC(n2cc(-c3ccncn3)cn2)CC1)[C@@H]1C[C@H]1c1ccccc1. The van der Waals surface area contributed by atoms with E-state index in [1.54, 1.807) is 12.5 Å². The lowest BCUT2D eigenvalue weighted by molar-refractivity contribution is -0.123. The summed E-state index contributed by atoms with van der Waals surface area (Å²) in [5.74, 6) is 0.779. The Kier molecular flexibility index (Phi) is 4.84. The summed E-state index contributed by atoms with van der Waals surface area (Å²) in [5, 5.41) is 7.85. The molecule has 29 heavy (non-hydrogen) atoms. The van der Waals surface area contributed by atoms with Crippen molar-refractivity contribution in [2.45, 2.75) is 50.1 Å². The number of hydrogen-bond acceptors (Lipinski definition) is 4. The van der Waals surface area contributed by atoms with Gasteiger partial charge in [-0.3, -0.25) is 9.48 Å². The number of amides is 1. The molecule has 2 fully saturated rings. The maximum atomic E-state index is 12.6. The maximum Gasteiger partial charge on any atom is 0.223 e. The van der Waals surface area contributed by atoms with E-state index in [-0.39, 0.29) is 17.9 Å². The second kappa shape index (κ2) is 7.78. The van der Waals surface area contributed by atoms with E-state index in [9.17, 15) is 4.79 Å². The third-order valence-electron chi connectivity index (χ3n) is 6.25. The molecule has 0 aliphatic heterocycles. The van der Waals surface area contributed by atoms with Gasteiger partial charge in [0.1, 0.15) is 6.33 Å². The number of carbonyl (C=O) groups is 1. The minimum Gasteiger partial charge on any atom is -0.353 e. The molecule has 0 bridgehead atoms. The van der Waals surface area contributed by atoms with Crippen LogP contribution in [-0.2, 0) is 4.79 Å². The molecule has 6 heteroatoms. The van der Waals surface area contributed by atoms with E-state index in [1.807, 2.05) is 18.3 Å². The summed E-state index contributed by atoms with van der Waals surface area (Å²) in [5.41, 5.74) is 3.20. The van der Waals surface area contributed by atoms with Gasteiger partial charge in [-0.05, 0) is 49.7 Å². The molecular formula is C23H25N5O. The standard InChI is InChI=1S/C23H25N5O/c29-23(21-12-20(21)16-4-2-1-3-5-16)27-18-6-8-19(9-7-18)28-14-17(13-26-28)22-10-11-24-15-25-22/h1-5,10-11,13-15,18-21H,6-9,12H2,(H,27,29)/t18?,19?,20-,21+/m0/s1. The van der Waals surface area contributed by atoms with Crippen LogP contribution in [0.3, 0.4) is 0 Å². The van der Waals surface area contributed by atoms with Crippen LogP contribution in [-0.4, -0.2) is 31.7 Å². The normalized spacial score (nSPS) is 26.1. The van der Waals surface area contributed by atoms with Gasteiger partial charge < -0.3 is 5.32 Å². The summed E-state index contributed by atoms with van der Waals surface area (Å²) in [6.45, 7) is 0. The van der Waals surface area contributed by atoms with Crippen LogP contribution in [0.2, 0.25) is 0 Å². The van der Waals surface area contributed by atoms with Crippen LogP contribution in [0.4, 0.5) is 0 Å². The van der Waals surface area contributed by atoms with Crippen molar-refractivity contribution in [3.8, 4) is 11.3 Å². The molecule has 1 amide bonds. The molecule has 2 atom stereocenters. The van der Waals surface area contributed by atoms with Crippen molar-refractivity contribution < 1.29 is 4.79 Å². The van der Waals surface area contributed by atoms with Crippen molar-refractivity contribution in [1.29, 1.82) is 0 Å². The summed E-state index contributed by atoms with van der Waals surface area (Å²) < 4.78 is 2.06. The highest BCUT2D eigenvalue weighted by molar-refractivity contribution is 5.83. The smallest absolute Gasteiger partial charge is 0.223 e. The van der Waals surface area contributed by atoms with Gasteiger partial charge in [0.2, 0.25) is 5.91 Å². The van der Waals surface area contributed by atoms with Gasteiger partial charge in [-0.25, -0.2) is 9.97 Å². The molecule has 2 aromatic heterocycles. The first kappa shape index (κ1) is 18.0. The van der Waals surface area contributed by atoms with Crippen LogP contribution < -0.4 is 5.32 Å². The first-order chi connectivity index (χ1) is 14.3. The Balaban J connectivity index is 1.13. The van der Waals surface area contributed by atoms with Crippen molar-refractivity contribution in [2.24, 2.45) is 5.92 Å². The Morgan fingerprint density at radius 1 is 1.07 bits per heavy atom. The number of aromatic nitrogens is 4. The molecule has 6 nitrogen and oxygen atoms in total. The van der Waals surface area contributed by atoms with Crippen LogP contribution >= 0.6 is 0 Å². The molecule has 3 aromatic rings. The molecule has 0 unspecified atom stereocenters. The molecule has 0 spiro atoms. The van der Waals surface area contributed by atoms with E-state index in [0.29, 0.717) is 12.0 Å². The molecule has 1 N–H and O–H groups in total. The van der Waals surface area contributed by atoms with Crippen molar-refractivity contribution in [2.75, 3.05) is 0 Å². The van der Waals surface area contributed by atoms with E-state index < -0.39 is 0 Å². The molecule has 2 aliphatic carbocycles. The van der Waals surface area contributed by atoms with Crippen LogP contribution in [0.5, 0.6) is 0 Å². The fraction of sp³-hybridized carbons (Fsp3) is 0.391. The quantitative estimate of drug-likeness (QED) is 0.724. The van der Waals surface area contributed by atoms with Gasteiger partial charge in [-0.2, -0.15) is 5.10 Å². The van der Waals surface area contributed by atoms with Crippen LogP contribution in [0.25, 0.3) is 11.3 Å². The predicted molar refractivity (Wildman–Crippen MR) is 110 cm³/mol.